The minimum Gasteiger partial charge on any atom is -0.378 e. The van der Waals surface area contributed by atoms with Gasteiger partial charge in [-0.25, -0.2) is 4.98 Å². The summed E-state index contributed by atoms with van der Waals surface area (Å²) in [6, 6.07) is 6.61. The molecular formula is C21H27N5O. The molecule has 0 spiro atoms. The van der Waals surface area contributed by atoms with E-state index < -0.39 is 0 Å². The van der Waals surface area contributed by atoms with Crippen LogP contribution in [0.2, 0.25) is 0 Å². The number of aromatic nitrogens is 2. The summed E-state index contributed by atoms with van der Waals surface area (Å²) in [5.74, 6) is 1.35. The number of benzene rings is 1. The molecule has 142 valence electrons. The quantitative estimate of drug-likeness (QED) is 0.836. The van der Waals surface area contributed by atoms with Crippen molar-refractivity contribution in [2.75, 3.05) is 43.5 Å². The molecule has 3 heterocycles. The minimum atomic E-state index is 0.122. The molecule has 6 heteroatoms. The van der Waals surface area contributed by atoms with Crippen LogP contribution < -0.4 is 9.80 Å². The molecule has 0 aliphatic carbocycles. The highest BCUT2D eigenvalue weighted by Gasteiger charge is 2.30. The molecule has 1 saturated heterocycles. The third-order valence-corrected chi connectivity index (χ3v) is 5.75. The molecule has 0 radical (unpaired) electrons. The van der Waals surface area contributed by atoms with Crippen molar-refractivity contribution in [2.24, 2.45) is 5.92 Å². The Morgan fingerprint density at radius 1 is 1.11 bits per heavy atom. The summed E-state index contributed by atoms with van der Waals surface area (Å²) >= 11 is 0. The molecule has 0 N–H and O–H groups in total. The van der Waals surface area contributed by atoms with E-state index in [4.69, 9.17) is 0 Å². The fourth-order valence-electron chi connectivity index (χ4n) is 4.08. The van der Waals surface area contributed by atoms with Crippen molar-refractivity contribution in [1.82, 2.24) is 14.9 Å². The Balaban J connectivity index is 1.39. The second kappa shape index (κ2) is 7.55. The minimum absolute atomic E-state index is 0.122. The average Bonchev–Trinajstić information content (AvgIpc) is 2.73. The van der Waals surface area contributed by atoms with Crippen molar-refractivity contribution in [2.45, 2.75) is 25.8 Å². The van der Waals surface area contributed by atoms with Crippen LogP contribution in [0.15, 0.2) is 36.8 Å². The van der Waals surface area contributed by atoms with Crippen LogP contribution in [0.3, 0.4) is 0 Å². The molecule has 1 fully saturated rings. The summed E-state index contributed by atoms with van der Waals surface area (Å²) in [6.45, 7) is 3.30. The first-order chi connectivity index (χ1) is 13.1. The predicted octanol–water partition coefficient (Wildman–Crippen LogP) is 2.34. The van der Waals surface area contributed by atoms with Gasteiger partial charge in [0.25, 0.3) is 0 Å². The first-order valence-corrected chi connectivity index (χ1v) is 9.70. The van der Waals surface area contributed by atoms with Gasteiger partial charge in [-0.1, -0.05) is 6.07 Å². The Morgan fingerprint density at radius 2 is 1.93 bits per heavy atom. The van der Waals surface area contributed by atoms with E-state index in [2.05, 4.69) is 57.0 Å². The number of hydrogen-bond acceptors (Lipinski definition) is 5. The first kappa shape index (κ1) is 17.8. The van der Waals surface area contributed by atoms with Crippen molar-refractivity contribution >= 4 is 17.4 Å². The number of fused-ring (bicyclic) bond motifs is 1. The molecule has 2 aromatic rings. The summed E-state index contributed by atoms with van der Waals surface area (Å²) in [4.78, 5) is 28.0. The molecular weight excluding hydrogens is 338 g/mol. The number of anilines is 2. The van der Waals surface area contributed by atoms with Crippen molar-refractivity contribution in [3.63, 3.8) is 0 Å². The van der Waals surface area contributed by atoms with Gasteiger partial charge in [0.1, 0.15) is 5.82 Å². The van der Waals surface area contributed by atoms with E-state index >= 15 is 0 Å². The number of hydrogen-bond donors (Lipinski definition) is 0. The fraction of sp³-hybridized carbons (Fsp3) is 0.476. The van der Waals surface area contributed by atoms with E-state index in [9.17, 15) is 4.79 Å². The number of carbonyl (C=O) groups is 1. The van der Waals surface area contributed by atoms with Gasteiger partial charge in [0.05, 0.1) is 6.20 Å². The zero-order valence-corrected chi connectivity index (χ0v) is 16.1. The zero-order valence-electron chi connectivity index (χ0n) is 16.1. The summed E-state index contributed by atoms with van der Waals surface area (Å²) in [7, 11) is 4.11. The number of piperidine rings is 1. The molecule has 1 aromatic carbocycles. The van der Waals surface area contributed by atoms with Gasteiger partial charge in [-0.3, -0.25) is 9.78 Å². The fourth-order valence-corrected chi connectivity index (χ4v) is 4.08. The van der Waals surface area contributed by atoms with Crippen molar-refractivity contribution in [3.05, 3.63) is 47.9 Å². The molecule has 2 aliphatic heterocycles. The summed E-state index contributed by atoms with van der Waals surface area (Å²) < 4.78 is 0. The van der Waals surface area contributed by atoms with Gasteiger partial charge >= 0.3 is 0 Å². The van der Waals surface area contributed by atoms with Gasteiger partial charge in [-0.2, -0.15) is 0 Å². The average molecular weight is 365 g/mol. The second-order valence-electron chi connectivity index (χ2n) is 7.68. The normalized spacial score (nSPS) is 17.6. The SMILES string of the molecule is CN(C)c1ccc2c(c1)CN(C(=O)C1CCN(c3cnccn3)CC1)CC2. The van der Waals surface area contributed by atoms with Crippen molar-refractivity contribution in [3.8, 4) is 0 Å². The van der Waals surface area contributed by atoms with E-state index in [0.29, 0.717) is 5.91 Å². The number of rotatable bonds is 3. The lowest BCUT2D eigenvalue weighted by molar-refractivity contribution is -0.137. The molecule has 1 aromatic heterocycles. The highest BCUT2D eigenvalue weighted by molar-refractivity contribution is 5.79. The molecule has 6 nitrogen and oxygen atoms in total. The Bertz CT molecular complexity index is 799. The summed E-state index contributed by atoms with van der Waals surface area (Å²) in [5, 5.41) is 0. The lowest BCUT2D eigenvalue weighted by Crippen LogP contribution is -2.44. The van der Waals surface area contributed by atoms with Crippen LogP contribution >= 0.6 is 0 Å². The third kappa shape index (κ3) is 3.75. The van der Waals surface area contributed by atoms with Crippen molar-refractivity contribution in [1.29, 1.82) is 0 Å². The van der Waals surface area contributed by atoms with Crippen LogP contribution in [0, 0.1) is 5.92 Å². The standard InChI is InChI=1S/C21H27N5O/c1-24(2)19-4-3-16-5-12-26(15-18(16)13-19)21(27)17-6-10-25(11-7-17)20-14-22-8-9-23-20/h3-4,8-9,13-14,17H,5-7,10-12,15H2,1-2H3. The number of nitrogens with zero attached hydrogens (tertiary/aromatic N) is 5. The van der Waals surface area contributed by atoms with Crippen LogP contribution in [0.5, 0.6) is 0 Å². The maximum absolute atomic E-state index is 13.1. The van der Waals surface area contributed by atoms with E-state index in [1.807, 2.05) is 0 Å². The molecule has 1 amide bonds. The topological polar surface area (TPSA) is 52.6 Å². The van der Waals surface area contributed by atoms with Crippen LogP contribution in [0.4, 0.5) is 11.5 Å². The molecule has 2 aliphatic rings. The van der Waals surface area contributed by atoms with Crippen molar-refractivity contribution < 1.29 is 4.79 Å². The summed E-state index contributed by atoms with van der Waals surface area (Å²) in [5.41, 5.74) is 3.86. The zero-order chi connectivity index (χ0) is 18.8. The van der Waals surface area contributed by atoms with E-state index in [1.165, 1.54) is 16.8 Å². The lowest BCUT2D eigenvalue weighted by atomic mass is 9.93. The second-order valence-corrected chi connectivity index (χ2v) is 7.68. The van der Waals surface area contributed by atoms with E-state index in [-0.39, 0.29) is 5.92 Å². The van der Waals surface area contributed by atoms with Gasteiger partial charge in [0.15, 0.2) is 0 Å². The predicted molar refractivity (Wildman–Crippen MR) is 107 cm³/mol. The lowest BCUT2D eigenvalue weighted by Gasteiger charge is -2.36. The Kier molecular flexibility index (Phi) is 4.97. The maximum atomic E-state index is 13.1. The third-order valence-electron chi connectivity index (χ3n) is 5.75. The first-order valence-electron chi connectivity index (χ1n) is 9.70. The van der Waals surface area contributed by atoms with Crippen LogP contribution in [0.25, 0.3) is 0 Å². The largest absolute Gasteiger partial charge is 0.378 e. The monoisotopic (exact) mass is 365 g/mol. The maximum Gasteiger partial charge on any atom is 0.226 e. The Labute approximate surface area is 160 Å². The molecule has 0 atom stereocenters. The van der Waals surface area contributed by atoms with Gasteiger partial charge in [-0.15, -0.1) is 0 Å². The van der Waals surface area contributed by atoms with Crippen LogP contribution in [0.1, 0.15) is 24.0 Å². The van der Waals surface area contributed by atoms with Crippen LogP contribution in [-0.2, 0) is 17.8 Å². The van der Waals surface area contributed by atoms with E-state index in [0.717, 1.165) is 51.3 Å². The van der Waals surface area contributed by atoms with Crippen LogP contribution in [-0.4, -0.2) is 54.5 Å². The van der Waals surface area contributed by atoms with Gasteiger partial charge < -0.3 is 14.7 Å². The van der Waals surface area contributed by atoms with Gasteiger partial charge in [0, 0.05) is 64.3 Å². The molecule has 0 bridgehead atoms. The molecule has 0 saturated carbocycles. The molecule has 4 rings (SSSR count). The number of amides is 1. The highest BCUT2D eigenvalue weighted by Crippen LogP contribution is 2.28. The Hall–Kier alpha value is -2.63. The molecule has 0 unspecified atom stereocenters. The Morgan fingerprint density at radius 3 is 2.63 bits per heavy atom. The van der Waals surface area contributed by atoms with E-state index in [1.54, 1.807) is 18.6 Å². The smallest absolute Gasteiger partial charge is 0.226 e. The highest BCUT2D eigenvalue weighted by atomic mass is 16.2. The molecule has 27 heavy (non-hydrogen) atoms. The van der Waals surface area contributed by atoms with Gasteiger partial charge in [-0.05, 0) is 42.5 Å². The number of carbonyl (C=O) groups excluding carboxylic acids is 1. The van der Waals surface area contributed by atoms with Gasteiger partial charge in [0.2, 0.25) is 5.91 Å². The summed E-state index contributed by atoms with van der Waals surface area (Å²) in [6.07, 6.45) is 7.93.